The highest BCUT2D eigenvalue weighted by atomic mass is 16.5. The van der Waals surface area contributed by atoms with E-state index >= 15 is 0 Å². The fraction of sp³-hybridized carbons (Fsp3) is 0.115. The molecule has 4 heterocycles. The highest BCUT2D eigenvalue weighted by Gasteiger charge is 2.47. The van der Waals surface area contributed by atoms with Crippen molar-refractivity contribution in [3.8, 4) is 56.4 Å². The van der Waals surface area contributed by atoms with Crippen LogP contribution in [0.5, 0.6) is 11.5 Å². The summed E-state index contributed by atoms with van der Waals surface area (Å²) >= 11 is 0. The lowest BCUT2D eigenvalue weighted by atomic mass is 9.67. The number of ether oxygens (including phenoxy) is 1. The lowest BCUT2D eigenvalue weighted by molar-refractivity contribution is 0.480. The molecule has 0 atom stereocenters. The Kier molecular flexibility index (Phi) is 12.9. The molecule has 0 saturated carbocycles. The van der Waals surface area contributed by atoms with E-state index in [0.29, 0.717) is 18.2 Å². The summed E-state index contributed by atoms with van der Waals surface area (Å²) < 4.78 is 12.8. The first kappa shape index (κ1) is 55.8. The van der Waals surface area contributed by atoms with Gasteiger partial charge >= 0.3 is 0 Å². The van der Waals surface area contributed by atoms with E-state index in [1.165, 1.54) is 72.0 Å². The predicted octanol–water partition coefficient (Wildman–Crippen LogP) is 22.6. The number of pyridine rings is 1. The number of anilines is 4. The summed E-state index contributed by atoms with van der Waals surface area (Å²) in [5, 5.41) is 4.58. The molecule has 448 valence electrons. The molecule has 12 aromatic carbocycles. The first-order valence-corrected chi connectivity index (χ1v) is 32.4. The fourth-order valence-electron chi connectivity index (χ4n) is 15.2. The van der Waals surface area contributed by atoms with Crippen LogP contribution in [-0.2, 0) is 16.2 Å². The highest BCUT2D eigenvalue weighted by molar-refractivity contribution is 6.13. The molecule has 3 aromatic heterocycles. The van der Waals surface area contributed by atoms with Gasteiger partial charge in [-0.05, 0) is 139 Å². The molecule has 0 saturated heterocycles. The fourth-order valence-corrected chi connectivity index (χ4v) is 15.2. The lowest BCUT2D eigenvalue weighted by Gasteiger charge is -2.35. The molecule has 0 unspecified atom stereocenters. The maximum absolute atomic E-state index is 8.06. The van der Waals surface area contributed by atoms with Gasteiger partial charge in [-0.15, -0.1) is 0 Å². The van der Waals surface area contributed by atoms with Crippen molar-refractivity contribution >= 4 is 66.4 Å². The zero-order valence-corrected chi connectivity index (χ0v) is 53.1. The number of fused-ring (bicyclic) bond motifs is 10. The van der Waals surface area contributed by atoms with Crippen LogP contribution in [0.25, 0.3) is 88.5 Å². The Bertz CT molecular complexity index is 5270. The van der Waals surface area contributed by atoms with Crippen molar-refractivity contribution in [3.05, 3.63) is 331 Å². The minimum atomic E-state index is -0.763. The third kappa shape index (κ3) is 8.94. The maximum atomic E-state index is 8.06. The van der Waals surface area contributed by atoms with E-state index in [4.69, 9.17) is 9.72 Å². The van der Waals surface area contributed by atoms with E-state index in [1.807, 2.05) is 6.20 Å². The van der Waals surface area contributed by atoms with Crippen LogP contribution in [-0.4, -0.2) is 20.8 Å². The highest BCUT2D eigenvalue weighted by Crippen LogP contribution is 2.59. The lowest BCUT2D eigenvalue weighted by Crippen LogP contribution is -2.29. The van der Waals surface area contributed by atoms with E-state index in [-0.39, 0.29) is 10.8 Å². The number of hydrogen-bond acceptors (Lipinski definition) is 4. The normalized spacial score (nSPS) is 13.5. The molecule has 0 amide bonds. The van der Waals surface area contributed by atoms with Crippen molar-refractivity contribution in [3.63, 3.8) is 0 Å². The van der Waals surface area contributed by atoms with Crippen LogP contribution < -0.4 is 14.5 Å². The Hall–Kier alpha value is -11.2. The molecule has 0 spiro atoms. The Morgan fingerprint density at radius 1 is 0.366 bits per heavy atom. The van der Waals surface area contributed by atoms with Crippen LogP contribution in [0.4, 0.5) is 22.7 Å². The average Bonchev–Trinajstić information content (AvgIpc) is 1.56. The molecule has 1 aliphatic carbocycles. The number of nitrogens with zero attached hydrogens (tertiary/aromatic N) is 5. The van der Waals surface area contributed by atoms with Gasteiger partial charge in [0.1, 0.15) is 18.2 Å². The van der Waals surface area contributed by atoms with Gasteiger partial charge in [0.05, 0.1) is 50.2 Å². The van der Waals surface area contributed by atoms with E-state index in [1.54, 1.807) is 0 Å². The van der Waals surface area contributed by atoms with E-state index in [9.17, 15) is 0 Å². The van der Waals surface area contributed by atoms with Gasteiger partial charge in [0.15, 0.2) is 5.75 Å². The monoisotopic (exact) mass is 1200 g/mol. The molecular formula is C87H69N5O. The van der Waals surface area contributed by atoms with Gasteiger partial charge in [-0.1, -0.05) is 248 Å². The molecule has 0 radical (unpaired) electrons. The van der Waals surface area contributed by atoms with Crippen LogP contribution in [0, 0.1) is 0 Å². The summed E-state index contributed by atoms with van der Waals surface area (Å²) in [5.74, 6) is 2.27. The van der Waals surface area contributed by atoms with Gasteiger partial charge in [0, 0.05) is 56.7 Å². The van der Waals surface area contributed by atoms with Crippen LogP contribution in [0.3, 0.4) is 0 Å². The summed E-state index contributed by atoms with van der Waals surface area (Å²) in [6, 6.07) is 107. The number of benzene rings is 12. The van der Waals surface area contributed by atoms with Gasteiger partial charge in [-0.25, -0.2) is 4.98 Å². The summed E-state index contributed by atoms with van der Waals surface area (Å²) in [7, 11) is 0. The number of aromatic nitrogens is 3. The largest absolute Gasteiger partial charge is 0.455 e. The third-order valence-corrected chi connectivity index (χ3v) is 19.6. The number of rotatable bonds is 10. The van der Waals surface area contributed by atoms with Crippen LogP contribution >= 0.6 is 0 Å². The quantitative estimate of drug-likeness (QED) is 0.137. The number of para-hydroxylation sites is 5. The molecule has 1 aliphatic heterocycles. The standard InChI is InChI=1S/C87H69N5O/c1-85(2,3)60-46-47-88-83(52-60)92-77-43-25-20-38-69(77)72-54-81(91-75-41-23-18-36-67(75)68-37-19-24-42-76(68)91)82(55-80(72)92)93-64-49-62(87(59-32-14-9-15-33-59)73-39-21-16-34-65(73)66-35-17-22-40-74(66)87)48-63(53-64)89-56-90(79-45-27-26-44-78(79)89)84-70(57-28-10-7-11-29-57)50-61(86(4,5)6)51-71(84)58-30-12-8-13-31-58/h7-55H,56H2,1-6H3. The van der Waals surface area contributed by atoms with Crippen LogP contribution in [0.2, 0.25) is 0 Å². The SMILES string of the molecule is CC(C)(C)c1ccnc(-n2c3ccccc3c3cc(-n4c5ccccc5c5ccccc54)c(Oc4cc(N5CN(c6c(-c7ccccc7)cc(C(C)(C)C)cc6-c6ccccc6)c6ccccc65)cc(C5(c6ccccc6)c6ccccc6-c6ccccc65)c4)cc32)c1. The Morgan fingerprint density at radius 2 is 0.860 bits per heavy atom. The van der Waals surface area contributed by atoms with Crippen molar-refractivity contribution in [2.75, 3.05) is 16.5 Å². The number of hydrogen-bond donors (Lipinski definition) is 0. The predicted molar refractivity (Wildman–Crippen MR) is 387 cm³/mol. The molecule has 6 heteroatoms. The maximum Gasteiger partial charge on any atom is 0.153 e. The van der Waals surface area contributed by atoms with Crippen molar-refractivity contribution < 1.29 is 4.74 Å². The summed E-state index contributed by atoms with van der Waals surface area (Å²) in [4.78, 5) is 10.2. The Labute approximate surface area is 543 Å². The molecule has 0 N–H and O–H groups in total. The van der Waals surface area contributed by atoms with E-state index in [0.717, 1.165) is 72.7 Å². The Balaban J connectivity index is 0.952. The third-order valence-electron chi connectivity index (χ3n) is 19.6. The van der Waals surface area contributed by atoms with Crippen molar-refractivity contribution in [1.29, 1.82) is 0 Å². The second-order valence-corrected chi connectivity index (χ2v) is 27.1. The topological polar surface area (TPSA) is 38.5 Å². The molecule has 0 bridgehead atoms. The van der Waals surface area contributed by atoms with Gasteiger partial charge in [0.25, 0.3) is 0 Å². The second-order valence-electron chi connectivity index (χ2n) is 27.1. The molecule has 0 fully saturated rings. The first-order chi connectivity index (χ1) is 45.4. The minimum Gasteiger partial charge on any atom is -0.455 e. The van der Waals surface area contributed by atoms with E-state index < -0.39 is 5.41 Å². The molecule has 2 aliphatic rings. The first-order valence-electron chi connectivity index (χ1n) is 32.4. The molecular weight excluding hydrogens is 1130 g/mol. The zero-order chi connectivity index (χ0) is 62.7. The molecule has 17 rings (SSSR count). The smallest absolute Gasteiger partial charge is 0.153 e. The Morgan fingerprint density at radius 3 is 1.44 bits per heavy atom. The minimum absolute atomic E-state index is 0.104. The average molecular weight is 1200 g/mol. The van der Waals surface area contributed by atoms with Crippen LogP contribution in [0.15, 0.2) is 297 Å². The van der Waals surface area contributed by atoms with Crippen LogP contribution in [0.1, 0.15) is 74.9 Å². The van der Waals surface area contributed by atoms with E-state index in [2.05, 4.69) is 352 Å². The van der Waals surface area contributed by atoms with Crippen molar-refractivity contribution in [2.45, 2.75) is 57.8 Å². The van der Waals surface area contributed by atoms with Crippen molar-refractivity contribution in [1.82, 2.24) is 14.1 Å². The van der Waals surface area contributed by atoms with Gasteiger partial charge in [-0.2, -0.15) is 0 Å². The zero-order valence-electron chi connectivity index (χ0n) is 53.1. The second kappa shape index (κ2) is 21.5. The van der Waals surface area contributed by atoms with Gasteiger partial charge in [0.2, 0.25) is 0 Å². The van der Waals surface area contributed by atoms with Crippen molar-refractivity contribution in [2.24, 2.45) is 0 Å². The molecule has 93 heavy (non-hydrogen) atoms. The summed E-state index contributed by atoms with van der Waals surface area (Å²) in [6.45, 7) is 14.3. The van der Waals surface area contributed by atoms with Gasteiger partial charge in [-0.3, -0.25) is 4.57 Å². The van der Waals surface area contributed by atoms with Gasteiger partial charge < -0.3 is 19.1 Å². The molecule has 15 aromatic rings. The molecule has 6 nitrogen and oxygen atoms in total. The summed E-state index contributed by atoms with van der Waals surface area (Å²) in [6.07, 6.45) is 1.96. The summed E-state index contributed by atoms with van der Waals surface area (Å²) in [5.41, 5.74) is 22.9.